The number of carboxylic acids is 1. The molecule has 1 aromatic rings. The van der Waals surface area contributed by atoms with Crippen LogP contribution in [0.1, 0.15) is 18.5 Å². The summed E-state index contributed by atoms with van der Waals surface area (Å²) in [6, 6.07) is 5.09. The van der Waals surface area contributed by atoms with Crippen molar-refractivity contribution < 1.29 is 19.7 Å². The Labute approximate surface area is 109 Å². The second-order valence-corrected chi connectivity index (χ2v) is 5.04. The van der Waals surface area contributed by atoms with Gasteiger partial charge in [-0.1, -0.05) is 12.1 Å². The third kappa shape index (κ3) is 2.54. The average Bonchev–Trinajstić information content (AvgIpc) is 2.81. The summed E-state index contributed by atoms with van der Waals surface area (Å²) in [4.78, 5) is 10.9. The maximum atomic E-state index is 10.9. The number of thioether (sulfide) groups is 1. The van der Waals surface area contributed by atoms with E-state index in [1.165, 1.54) is 11.8 Å². The summed E-state index contributed by atoms with van der Waals surface area (Å²) in [7, 11) is 0. The van der Waals surface area contributed by atoms with Gasteiger partial charge in [0.2, 0.25) is 0 Å². The Hall–Kier alpha value is -1.40. The monoisotopic (exact) mass is 269 g/mol. The van der Waals surface area contributed by atoms with Crippen molar-refractivity contribution in [2.24, 2.45) is 0 Å². The van der Waals surface area contributed by atoms with E-state index in [-0.39, 0.29) is 11.8 Å². The molecule has 0 spiro atoms. The standard InChI is InChI=1S/C12H15NO4S/c1-2-17-9-5-3-4-7(10(9)14)8-6-18-11(13-8)12(15)16/h3-5,8,11,13-14H,2,6H2,1H3,(H,15,16)/t8-,11+/m0/s1. The quantitative estimate of drug-likeness (QED) is 0.770. The topological polar surface area (TPSA) is 78.8 Å². The number of benzene rings is 1. The molecule has 0 bridgehead atoms. The molecule has 1 saturated heterocycles. The van der Waals surface area contributed by atoms with Crippen LogP contribution in [0.3, 0.4) is 0 Å². The van der Waals surface area contributed by atoms with Crippen molar-refractivity contribution in [3.05, 3.63) is 23.8 Å². The van der Waals surface area contributed by atoms with Crippen LogP contribution in [0.15, 0.2) is 18.2 Å². The molecule has 1 heterocycles. The van der Waals surface area contributed by atoms with Crippen molar-refractivity contribution in [1.82, 2.24) is 5.32 Å². The molecule has 2 rings (SSSR count). The van der Waals surface area contributed by atoms with E-state index in [2.05, 4.69) is 5.32 Å². The van der Waals surface area contributed by atoms with Gasteiger partial charge in [-0.2, -0.15) is 0 Å². The van der Waals surface area contributed by atoms with Gasteiger partial charge in [0.1, 0.15) is 0 Å². The largest absolute Gasteiger partial charge is 0.504 e. The molecule has 0 unspecified atom stereocenters. The highest BCUT2D eigenvalue weighted by molar-refractivity contribution is 8.00. The predicted molar refractivity (Wildman–Crippen MR) is 69.0 cm³/mol. The second kappa shape index (κ2) is 5.49. The van der Waals surface area contributed by atoms with Crippen molar-refractivity contribution in [3.8, 4) is 11.5 Å². The first-order valence-electron chi connectivity index (χ1n) is 5.68. The summed E-state index contributed by atoms with van der Waals surface area (Å²) < 4.78 is 5.31. The Morgan fingerprint density at radius 1 is 1.61 bits per heavy atom. The first-order chi connectivity index (χ1) is 8.63. The summed E-state index contributed by atoms with van der Waals surface area (Å²) >= 11 is 1.32. The number of nitrogens with one attached hydrogen (secondary N) is 1. The fraction of sp³-hybridized carbons (Fsp3) is 0.417. The van der Waals surface area contributed by atoms with Gasteiger partial charge in [-0.15, -0.1) is 11.8 Å². The molecular formula is C12H15NO4S. The minimum atomic E-state index is -0.886. The predicted octanol–water partition coefficient (Wildman–Crippen LogP) is 1.58. The maximum Gasteiger partial charge on any atom is 0.331 e. The molecule has 0 aromatic heterocycles. The van der Waals surface area contributed by atoms with Crippen molar-refractivity contribution in [3.63, 3.8) is 0 Å². The molecule has 98 valence electrons. The smallest absolute Gasteiger partial charge is 0.331 e. The first kappa shape index (κ1) is 13.0. The highest BCUT2D eigenvalue weighted by Gasteiger charge is 2.32. The molecule has 2 atom stereocenters. The third-order valence-corrected chi connectivity index (χ3v) is 3.91. The van der Waals surface area contributed by atoms with Crippen LogP contribution in [0.4, 0.5) is 0 Å². The normalized spacial score (nSPS) is 22.9. The minimum absolute atomic E-state index is 0.0866. The van der Waals surface area contributed by atoms with Crippen LogP contribution in [-0.2, 0) is 4.79 Å². The van der Waals surface area contributed by atoms with Crippen LogP contribution >= 0.6 is 11.8 Å². The molecule has 18 heavy (non-hydrogen) atoms. The first-order valence-corrected chi connectivity index (χ1v) is 6.73. The number of aliphatic carboxylic acids is 1. The van der Waals surface area contributed by atoms with Crippen molar-refractivity contribution >= 4 is 17.7 Å². The van der Waals surface area contributed by atoms with Gasteiger partial charge in [0.05, 0.1) is 6.61 Å². The molecule has 0 aliphatic carbocycles. The van der Waals surface area contributed by atoms with Crippen LogP contribution in [0.2, 0.25) is 0 Å². The summed E-state index contributed by atoms with van der Waals surface area (Å²) in [5, 5.41) is 21.3. The lowest BCUT2D eigenvalue weighted by Crippen LogP contribution is -2.30. The molecule has 3 N–H and O–H groups in total. The summed E-state index contributed by atoms with van der Waals surface area (Å²) in [6.07, 6.45) is 0. The van der Waals surface area contributed by atoms with Gasteiger partial charge in [-0.25, -0.2) is 4.79 Å². The van der Waals surface area contributed by atoms with Crippen LogP contribution in [0.5, 0.6) is 11.5 Å². The number of hydrogen-bond donors (Lipinski definition) is 3. The van der Waals surface area contributed by atoms with Gasteiger partial charge in [-0.3, -0.25) is 5.32 Å². The summed E-state index contributed by atoms with van der Waals surface area (Å²) in [5.41, 5.74) is 0.678. The zero-order valence-electron chi connectivity index (χ0n) is 9.92. The van der Waals surface area contributed by atoms with Crippen LogP contribution < -0.4 is 10.1 Å². The van der Waals surface area contributed by atoms with E-state index < -0.39 is 11.3 Å². The third-order valence-electron chi connectivity index (χ3n) is 2.71. The number of phenols is 1. The molecule has 0 amide bonds. The number of para-hydroxylation sites is 1. The molecule has 5 nitrogen and oxygen atoms in total. The lowest BCUT2D eigenvalue weighted by molar-refractivity contribution is -0.137. The number of rotatable bonds is 4. The van der Waals surface area contributed by atoms with Crippen molar-refractivity contribution in [2.75, 3.05) is 12.4 Å². The zero-order valence-corrected chi connectivity index (χ0v) is 10.7. The van der Waals surface area contributed by atoms with E-state index in [0.717, 1.165) is 0 Å². The number of carboxylic acid groups (broad SMARTS) is 1. The van der Waals surface area contributed by atoms with Crippen LogP contribution in [0.25, 0.3) is 0 Å². The van der Waals surface area contributed by atoms with E-state index in [9.17, 15) is 9.90 Å². The van der Waals surface area contributed by atoms with Gasteiger partial charge >= 0.3 is 5.97 Å². The lowest BCUT2D eigenvalue weighted by Gasteiger charge is -2.15. The minimum Gasteiger partial charge on any atom is -0.504 e. The molecule has 1 aliphatic heterocycles. The number of carbonyl (C=O) groups is 1. The van der Waals surface area contributed by atoms with Gasteiger partial charge in [-0.05, 0) is 13.0 Å². The fourth-order valence-corrected chi connectivity index (χ4v) is 2.95. The Bertz CT molecular complexity index is 452. The van der Waals surface area contributed by atoms with Crippen LogP contribution in [0, 0.1) is 0 Å². The van der Waals surface area contributed by atoms with E-state index in [4.69, 9.17) is 9.84 Å². The molecule has 0 saturated carbocycles. The highest BCUT2D eigenvalue weighted by Crippen LogP contribution is 2.38. The van der Waals surface area contributed by atoms with Crippen LogP contribution in [-0.4, -0.2) is 33.9 Å². The fourth-order valence-electron chi connectivity index (χ4n) is 1.89. The molecule has 1 aromatic carbocycles. The lowest BCUT2D eigenvalue weighted by atomic mass is 10.1. The van der Waals surface area contributed by atoms with Gasteiger partial charge in [0, 0.05) is 17.4 Å². The van der Waals surface area contributed by atoms with Gasteiger partial charge in [0.15, 0.2) is 16.9 Å². The molecule has 1 aliphatic rings. The Balaban J connectivity index is 2.19. The summed E-state index contributed by atoms with van der Waals surface area (Å²) in [5.74, 6) is 0.243. The molecule has 6 heteroatoms. The molecule has 0 radical (unpaired) electrons. The number of phenolic OH excluding ortho intramolecular Hbond substituents is 1. The van der Waals surface area contributed by atoms with Gasteiger partial charge in [0.25, 0.3) is 0 Å². The number of hydrogen-bond acceptors (Lipinski definition) is 5. The maximum absolute atomic E-state index is 10.9. The molecular weight excluding hydrogens is 254 g/mol. The van der Waals surface area contributed by atoms with E-state index in [1.54, 1.807) is 18.2 Å². The Kier molecular flexibility index (Phi) is 3.98. The number of aromatic hydroxyl groups is 1. The van der Waals surface area contributed by atoms with E-state index in [1.807, 2.05) is 6.92 Å². The second-order valence-electron chi connectivity index (χ2n) is 3.90. The average molecular weight is 269 g/mol. The Morgan fingerprint density at radius 3 is 3.00 bits per heavy atom. The van der Waals surface area contributed by atoms with E-state index >= 15 is 0 Å². The SMILES string of the molecule is CCOc1cccc([C@@H]2CS[C@H](C(=O)O)N2)c1O. The van der Waals surface area contributed by atoms with Crippen molar-refractivity contribution in [2.45, 2.75) is 18.3 Å². The molecule has 1 fully saturated rings. The van der Waals surface area contributed by atoms with Crippen molar-refractivity contribution in [1.29, 1.82) is 0 Å². The summed E-state index contributed by atoms with van der Waals surface area (Å²) in [6.45, 7) is 2.32. The number of ether oxygens (including phenoxy) is 1. The van der Waals surface area contributed by atoms with Gasteiger partial charge < -0.3 is 14.9 Å². The zero-order chi connectivity index (χ0) is 13.1. The van der Waals surface area contributed by atoms with E-state index in [0.29, 0.717) is 23.7 Å². The Morgan fingerprint density at radius 2 is 2.39 bits per heavy atom. The highest BCUT2D eigenvalue weighted by atomic mass is 32.2.